The summed E-state index contributed by atoms with van der Waals surface area (Å²) in [7, 11) is 3.92. The van der Waals surface area contributed by atoms with Crippen LogP contribution in [0.2, 0.25) is 5.02 Å². The second-order valence-corrected chi connectivity index (χ2v) is 6.59. The van der Waals surface area contributed by atoms with E-state index in [1.165, 1.54) is 0 Å². The molecule has 26 heavy (non-hydrogen) atoms. The standard InChI is InChI=1S/C20H18ClN5/c1-25(2)19-20-24-17(14-7-4-3-5-8-14)18(26(20)12-11-22-19)23-16-10-6-9-15(21)13-16/h3-13,23H,1-2H3. The SMILES string of the molecule is CN(C)c1nccn2c(Nc3cccc(Cl)c3)c(-c3ccccc3)nc12. The number of hydrogen-bond acceptors (Lipinski definition) is 4. The molecule has 0 atom stereocenters. The molecule has 0 saturated carbocycles. The molecule has 0 bridgehead atoms. The third-order valence-electron chi connectivity index (χ3n) is 4.08. The van der Waals surface area contributed by atoms with E-state index < -0.39 is 0 Å². The second-order valence-electron chi connectivity index (χ2n) is 6.15. The normalized spacial score (nSPS) is 10.9. The van der Waals surface area contributed by atoms with Gasteiger partial charge in [0.05, 0.1) is 0 Å². The van der Waals surface area contributed by atoms with Crippen LogP contribution in [0.25, 0.3) is 16.9 Å². The zero-order valence-corrected chi connectivity index (χ0v) is 15.3. The Hall–Kier alpha value is -3.05. The van der Waals surface area contributed by atoms with Gasteiger partial charge in [-0.15, -0.1) is 0 Å². The van der Waals surface area contributed by atoms with Crippen molar-refractivity contribution in [2.45, 2.75) is 0 Å². The fraction of sp³-hybridized carbons (Fsp3) is 0.100. The highest BCUT2D eigenvalue weighted by Crippen LogP contribution is 2.33. The van der Waals surface area contributed by atoms with E-state index in [-0.39, 0.29) is 0 Å². The summed E-state index contributed by atoms with van der Waals surface area (Å²) in [6.45, 7) is 0. The molecule has 5 nitrogen and oxygen atoms in total. The van der Waals surface area contributed by atoms with Crippen LogP contribution in [-0.2, 0) is 0 Å². The van der Waals surface area contributed by atoms with E-state index in [0.717, 1.165) is 34.2 Å². The number of halogens is 1. The fourth-order valence-electron chi connectivity index (χ4n) is 2.90. The van der Waals surface area contributed by atoms with Crippen LogP contribution in [0.4, 0.5) is 17.3 Å². The molecule has 0 radical (unpaired) electrons. The maximum Gasteiger partial charge on any atom is 0.182 e. The second kappa shape index (κ2) is 6.69. The number of fused-ring (bicyclic) bond motifs is 1. The molecular weight excluding hydrogens is 346 g/mol. The molecule has 0 spiro atoms. The zero-order valence-electron chi connectivity index (χ0n) is 14.5. The van der Waals surface area contributed by atoms with Crippen LogP contribution in [0.3, 0.4) is 0 Å². The van der Waals surface area contributed by atoms with Crippen molar-refractivity contribution in [1.29, 1.82) is 0 Å². The molecule has 4 rings (SSSR count). The maximum atomic E-state index is 6.15. The van der Waals surface area contributed by atoms with E-state index in [1.54, 1.807) is 6.20 Å². The summed E-state index contributed by atoms with van der Waals surface area (Å²) < 4.78 is 2.02. The molecule has 0 unspecified atom stereocenters. The first-order valence-corrected chi connectivity index (χ1v) is 8.63. The van der Waals surface area contributed by atoms with Gasteiger partial charge in [-0.1, -0.05) is 48.0 Å². The van der Waals surface area contributed by atoms with Crippen molar-refractivity contribution in [3.8, 4) is 11.3 Å². The summed E-state index contributed by atoms with van der Waals surface area (Å²) >= 11 is 6.15. The average molecular weight is 364 g/mol. The molecule has 4 aromatic rings. The van der Waals surface area contributed by atoms with Crippen LogP contribution in [0.1, 0.15) is 0 Å². The fourth-order valence-corrected chi connectivity index (χ4v) is 3.09. The van der Waals surface area contributed by atoms with E-state index in [1.807, 2.05) is 84.2 Å². The van der Waals surface area contributed by atoms with Crippen LogP contribution in [0.5, 0.6) is 0 Å². The molecule has 6 heteroatoms. The summed E-state index contributed by atoms with van der Waals surface area (Å²) in [6, 6.07) is 17.8. The van der Waals surface area contributed by atoms with Crippen LogP contribution in [0.15, 0.2) is 67.0 Å². The monoisotopic (exact) mass is 363 g/mol. The number of imidazole rings is 1. The first-order chi connectivity index (χ1) is 12.6. The van der Waals surface area contributed by atoms with E-state index in [2.05, 4.69) is 10.3 Å². The first kappa shape index (κ1) is 16.4. The minimum Gasteiger partial charge on any atom is -0.360 e. The Bertz CT molecular complexity index is 1060. The highest BCUT2D eigenvalue weighted by molar-refractivity contribution is 6.30. The van der Waals surface area contributed by atoms with Gasteiger partial charge in [0.2, 0.25) is 0 Å². The predicted octanol–water partition coefficient (Wildman–Crippen LogP) is 4.86. The minimum atomic E-state index is 0.681. The number of nitrogens with one attached hydrogen (secondary N) is 1. The van der Waals surface area contributed by atoms with Gasteiger partial charge in [0.15, 0.2) is 11.5 Å². The predicted molar refractivity (Wildman–Crippen MR) is 107 cm³/mol. The van der Waals surface area contributed by atoms with Crippen molar-refractivity contribution in [2.24, 2.45) is 0 Å². The van der Waals surface area contributed by atoms with E-state index in [9.17, 15) is 0 Å². The van der Waals surface area contributed by atoms with Gasteiger partial charge in [-0.3, -0.25) is 4.40 Å². The van der Waals surface area contributed by atoms with Gasteiger partial charge in [-0.25, -0.2) is 9.97 Å². The van der Waals surface area contributed by atoms with Gasteiger partial charge in [0.25, 0.3) is 0 Å². The number of aromatic nitrogens is 3. The molecule has 2 aromatic carbocycles. The Morgan fingerprint density at radius 3 is 2.58 bits per heavy atom. The lowest BCUT2D eigenvalue weighted by molar-refractivity contribution is 1.03. The van der Waals surface area contributed by atoms with E-state index in [4.69, 9.17) is 16.6 Å². The largest absolute Gasteiger partial charge is 0.360 e. The molecule has 2 heterocycles. The number of anilines is 3. The lowest BCUT2D eigenvalue weighted by Gasteiger charge is -2.12. The van der Waals surface area contributed by atoms with Crippen molar-refractivity contribution in [2.75, 3.05) is 24.3 Å². The molecule has 1 N–H and O–H groups in total. The summed E-state index contributed by atoms with van der Waals surface area (Å²) in [4.78, 5) is 11.3. The topological polar surface area (TPSA) is 45.5 Å². The molecule has 130 valence electrons. The molecule has 0 fully saturated rings. The lowest BCUT2D eigenvalue weighted by Crippen LogP contribution is -2.12. The Labute approximate surface area is 156 Å². The van der Waals surface area contributed by atoms with Crippen molar-refractivity contribution >= 4 is 34.6 Å². The van der Waals surface area contributed by atoms with Crippen molar-refractivity contribution in [3.63, 3.8) is 0 Å². The van der Waals surface area contributed by atoms with Crippen LogP contribution < -0.4 is 10.2 Å². The molecule has 0 saturated heterocycles. The third-order valence-corrected chi connectivity index (χ3v) is 4.32. The summed E-state index contributed by atoms with van der Waals surface area (Å²) in [5.74, 6) is 1.68. The Balaban J connectivity index is 1.95. The lowest BCUT2D eigenvalue weighted by atomic mass is 10.1. The molecule has 2 aromatic heterocycles. The zero-order chi connectivity index (χ0) is 18.1. The van der Waals surface area contributed by atoms with Gasteiger partial charge in [0.1, 0.15) is 11.5 Å². The first-order valence-electron chi connectivity index (χ1n) is 8.26. The van der Waals surface area contributed by atoms with Crippen LogP contribution in [0, 0.1) is 0 Å². The third kappa shape index (κ3) is 2.97. The van der Waals surface area contributed by atoms with Crippen molar-refractivity contribution < 1.29 is 0 Å². The Morgan fingerprint density at radius 2 is 1.85 bits per heavy atom. The Kier molecular flexibility index (Phi) is 4.22. The van der Waals surface area contributed by atoms with Gasteiger partial charge in [-0.2, -0.15) is 0 Å². The smallest absolute Gasteiger partial charge is 0.182 e. The molecule has 0 aliphatic carbocycles. The van der Waals surface area contributed by atoms with E-state index >= 15 is 0 Å². The van der Waals surface area contributed by atoms with Crippen LogP contribution in [-0.4, -0.2) is 28.5 Å². The summed E-state index contributed by atoms with van der Waals surface area (Å²) in [5.41, 5.74) is 3.59. The quantitative estimate of drug-likeness (QED) is 0.562. The van der Waals surface area contributed by atoms with Gasteiger partial charge in [0, 0.05) is 42.8 Å². The summed E-state index contributed by atoms with van der Waals surface area (Å²) in [5, 5.41) is 4.15. The van der Waals surface area contributed by atoms with Gasteiger partial charge < -0.3 is 10.2 Å². The maximum absolute atomic E-state index is 6.15. The number of benzene rings is 2. The van der Waals surface area contributed by atoms with Gasteiger partial charge in [-0.05, 0) is 18.2 Å². The molecule has 0 amide bonds. The number of nitrogens with zero attached hydrogens (tertiary/aromatic N) is 4. The van der Waals surface area contributed by atoms with Crippen molar-refractivity contribution in [1.82, 2.24) is 14.4 Å². The molecule has 0 aliphatic heterocycles. The van der Waals surface area contributed by atoms with E-state index in [0.29, 0.717) is 5.02 Å². The minimum absolute atomic E-state index is 0.681. The Morgan fingerprint density at radius 1 is 1.04 bits per heavy atom. The average Bonchev–Trinajstić information content (AvgIpc) is 3.01. The van der Waals surface area contributed by atoms with Crippen molar-refractivity contribution in [3.05, 3.63) is 72.0 Å². The number of hydrogen-bond donors (Lipinski definition) is 1. The van der Waals surface area contributed by atoms with Gasteiger partial charge >= 0.3 is 0 Å². The van der Waals surface area contributed by atoms with Crippen LogP contribution >= 0.6 is 11.6 Å². The molecular formula is C20H18ClN5. The highest BCUT2D eigenvalue weighted by atomic mass is 35.5. The highest BCUT2D eigenvalue weighted by Gasteiger charge is 2.18. The molecule has 0 aliphatic rings. The number of rotatable bonds is 4. The summed E-state index contributed by atoms with van der Waals surface area (Å²) in [6.07, 6.45) is 3.69.